The zero-order valence-corrected chi connectivity index (χ0v) is 11.2. The van der Waals surface area contributed by atoms with Gasteiger partial charge < -0.3 is 0 Å². The van der Waals surface area contributed by atoms with Gasteiger partial charge in [-0.2, -0.15) is 0 Å². The zero-order chi connectivity index (χ0) is 10.7. The van der Waals surface area contributed by atoms with E-state index in [-0.39, 0.29) is 18.6 Å². The van der Waals surface area contributed by atoms with Crippen molar-refractivity contribution in [1.82, 2.24) is 0 Å². The summed E-state index contributed by atoms with van der Waals surface area (Å²) in [5.41, 5.74) is 2.85. The van der Waals surface area contributed by atoms with Crippen LogP contribution < -0.4 is 7.91 Å². The second-order valence-electron chi connectivity index (χ2n) is 3.51. The number of rotatable bonds is 2. The number of hydrogen-bond acceptors (Lipinski definition) is 0. The molecule has 0 aliphatic heterocycles. The van der Waals surface area contributed by atoms with Crippen LogP contribution in [0.2, 0.25) is 0 Å². The molecule has 0 spiro atoms. The maximum atomic E-state index is 2.26. The molecule has 0 saturated heterocycles. The Kier molecular flexibility index (Phi) is 3.38. The number of aryl methyl sites for hydroxylation is 2. The summed E-state index contributed by atoms with van der Waals surface area (Å²) in [5.74, 6) is 0. The van der Waals surface area contributed by atoms with Gasteiger partial charge in [-0.15, -0.1) is 0 Å². The van der Waals surface area contributed by atoms with Crippen molar-refractivity contribution < 1.29 is 18.6 Å². The van der Waals surface area contributed by atoms with Crippen molar-refractivity contribution in [3.8, 4) is 0 Å². The quantitative estimate of drug-likeness (QED) is 0.754. The topological polar surface area (TPSA) is 0 Å². The van der Waals surface area contributed by atoms with E-state index in [1.165, 1.54) is 19.0 Å². The third-order valence-electron chi connectivity index (χ3n) is 2.25. The summed E-state index contributed by atoms with van der Waals surface area (Å²) in [4.78, 5) is 0. The molecule has 0 atom stereocenters. The predicted molar refractivity (Wildman–Crippen MR) is 61.6 cm³/mol. The summed E-state index contributed by atoms with van der Waals surface area (Å²) in [5, 5.41) is 0. The molecule has 0 unspecified atom stereocenters. The summed E-state index contributed by atoms with van der Waals surface area (Å²) >= 11 is -0.0254. The Hall–Kier alpha value is -0.872. The second kappa shape index (κ2) is 4.77. The van der Waals surface area contributed by atoms with E-state index in [2.05, 4.69) is 62.4 Å². The molecule has 1 heteroatoms. The minimum absolute atomic E-state index is 0.0254. The van der Waals surface area contributed by atoms with Crippen molar-refractivity contribution in [2.24, 2.45) is 0 Å². The molecule has 80 valence electrons. The molecule has 0 N–H and O–H groups in total. The van der Waals surface area contributed by atoms with Gasteiger partial charge >= 0.3 is 100.0 Å². The van der Waals surface area contributed by atoms with E-state index in [1.54, 1.807) is 0 Å². The Morgan fingerprint density at radius 3 is 1.47 bits per heavy atom. The number of benzene rings is 2. The van der Waals surface area contributed by atoms with Gasteiger partial charge in [-0.3, -0.25) is 0 Å². The fourth-order valence-electron chi connectivity index (χ4n) is 1.35. The van der Waals surface area contributed by atoms with Crippen LogP contribution in [0.15, 0.2) is 48.5 Å². The van der Waals surface area contributed by atoms with Crippen molar-refractivity contribution in [2.45, 2.75) is 13.8 Å². The van der Waals surface area contributed by atoms with Crippen LogP contribution in [0.4, 0.5) is 0 Å². The molecule has 0 aromatic heterocycles. The average Bonchev–Trinajstić information content (AvgIpc) is 2.24. The molecule has 15 heavy (non-hydrogen) atoms. The van der Waals surface area contributed by atoms with E-state index in [9.17, 15) is 0 Å². The summed E-state index contributed by atoms with van der Waals surface area (Å²) in [6, 6.07) is 17.4. The fraction of sp³-hybridized carbons (Fsp3) is 0.143. The van der Waals surface area contributed by atoms with Crippen molar-refractivity contribution in [3.63, 3.8) is 0 Å². The monoisotopic (exact) mass is 377 g/mol. The molecule has 2 rings (SSSR count). The Morgan fingerprint density at radius 1 is 0.667 bits per heavy atom. The van der Waals surface area contributed by atoms with Gasteiger partial charge in [0.1, 0.15) is 0 Å². The second-order valence-corrected chi connectivity index (χ2v) is 6.53. The predicted octanol–water partition coefficient (Wildman–Crippen LogP) is 2.34. The molecule has 0 heterocycles. The van der Waals surface area contributed by atoms with Gasteiger partial charge in [0.2, 0.25) is 0 Å². The van der Waals surface area contributed by atoms with Crippen LogP contribution in [0.1, 0.15) is 11.1 Å². The van der Waals surface area contributed by atoms with Gasteiger partial charge in [0.15, 0.2) is 0 Å². The maximum absolute atomic E-state index is 2.26. The molecular formula is C14H14Pt. The molecule has 0 fully saturated rings. The summed E-state index contributed by atoms with van der Waals surface area (Å²) in [7, 11) is 0. The number of hydrogen-bond donors (Lipinski definition) is 0. The first-order chi connectivity index (χ1) is 7.27. The van der Waals surface area contributed by atoms with E-state index in [4.69, 9.17) is 0 Å². The molecule has 2 aromatic carbocycles. The van der Waals surface area contributed by atoms with E-state index in [0.717, 1.165) is 0 Å². The standard InChI is InChI=1S/2C7H7.Pt/c2*1-7-5-3-2-4-6-7;/h2*2-5H,1H3;. The van der Waals surface area contributed by atoms with Gasteiger partial charge in [0.25, 0.3) is 0 Å². The van der Waals surface area contributed by atoms with Gasteiger partial charge in [-0.25, -0.2) is 0 Å². The van der Waals surface area contributed by atoms with Crippen LogP contribution in [0, 0.1) is 13.8 Å². The van der Waals surface area contributed by atoms with Crippen molar-refractivity contribution in [2.75, 3.05) is 0 Å². The van der Waals surface area contributed by atoms with Crippen LogP contribution in [0.5, 0.6) is 0 Å². The van der Waals surface area contributed by atoms with Crippen LogP contribution in [0.25, 0.3) is 0 Å². The summed E-state index contributed by atoms with van der Waals surface area (Å²) in [6.45, 7) is 4.40. The molecule has 0 radical (unpaired) electrons. The van der Waals surface area contributed by atoms with Crippen molar-refractivity contribution >= 4 is 7.91 Å². The van der Waals surface area contributed by atoms with Gasteiger partial charge in [0.05, 0.1) is 0 Å². The summed E-state index contributed by atoms with van der Waals surface area (Å²) < 4.78 is 3.07. The van der Waals surface area contributed by atoms with E-state index in [1.807, 2.05) is 0 Å². The molecule has 0 amide bonds. The molecule has 0 aliphatic carbocycles. The SMILES string of the molecule is Cc1cccc[c]1[Pt][c]1ccccc1C. The summed E-state index contributed by atoms with van der Waals surface area (Å²) in [6.07, 6.45) is 0. The van der Waals surface area contributed by atoms with Crippen LogP contribution in [0.3, 0.4) is 0 Å². The first kappa shape index (κ1) is 10.6. The van der Waals surface area contributed by atoms with E-state index >= 15 is 0 Å². The molecule has 0 aliphatic rings. The first-order valence-electron chi connectivity index (χ1n) is 4.97. The van der Waals surface area contributed by atoms with Gasteiger partial charge in [-0.1, -0.05) is 0 Å². The normalized spacial score (nSPS) is 10.5. The minimum atomic E-state index is -0.0254. The van der Waals surface area contributed by atoms with E-state index in [0.29, 0.717) is 0 Å². The molecule has 0 saturated carbocycles. The Balaban J connectivity index is 2.30. The molecule has 0 nitrogen and oxygen atoms in total. The fourth-order valence-corrected chi connectivity index (χ4v) is 4.10. The van der Waals surface area contributed by atoms with Crippen LogP contribution in [-0.4, -0.2) is 0 Å². The molecular weight excluding hydrogens is 363 g/mol. The Labute approximate surface area is 99.9 Å². The van der Waals surface area contributed by atoms with Crippen LogP contribution >= 0.6 is 0 Å². The molecule has 0 bridgehead atoms. The third-order valence-corrected chi connectivity index (χ3v) is 6.03. The Bertz CT molecular complexity index is 417. The van der Waals surface area contributed by atoms with E-state index < -0.39 is 0 Å². The first-order valence-corrected chi connectivity index (χ1v) is 7.24. The third kappa shape index (κ3) is 2.57. The zero-order valence-electron chi connectivity index (χ0n) is 8.94. The van der Waals surface area contributed by atoms with Crippen molar-refractivity contribution in [3.05, 3.63) is 59.7 Å². The molecule has 2 aromatic rings. The van der Waals surface area contributed by atoms with Gasteiger partial charge in [-0.05, 0) is 0 Å². The van der Waals surface area contributed by atoms with Gasteiger partial charge in [0, 0.05) is 0 Å². The average molecular weight is 377 g/mol. The Morgan fingerprint density at radius 2 is 1.07 bits per heavy atom. The van der Waals surface area contributed by atoms with Crippen LogP contribution in [-0.2, 0) is 18.6 Å². The van der Waals surface area contributed by atoms with Crippen molar-refractivity contribution in [1.29, 1.82) is 0 Å².